The molecule has 2 amide bonds. The molecule has 37 heavy (non-hydrogen) atoms. The number of hydrogen-bond donors (Lipinski definition) is 4. The summed E-state index contributed by atoms with van der Waals surface area (Å²) in [6.07, 6.45) is -4.77. The predicted molar refractivity (Wildman–Crippen MR) is 132 cm³/mol. The fourth-order valence-electron chi connectivity index (χ4n) is 3.84. The lowest BCUT2D eigenvalue weighted by atomic mass is 10.1. The summed E-state index contributed by atoms with van der Waals surface area (Å²) in [7, 11) is 1.47. The maximum Gasteiger partial charge on any atom is 0.417 e. The molecular weight excluding hydrogens is 489 g/mol. The second-order valence-electron chi connectivity index (χ2n) is 8.04. The van der Waals surface area contributed by atoms with Gasteiger partial charge in [0.2, 0.25) is 0 Å². The molecule has 4 aromatic rings. The average Bonchev–Trinajstić information content (AvgIpc) is 3.29. The zero-order valence-electron chi connectivity index (χ0n) is 19.6. The number of carbonyl (C=O) groups excluding carboxylic acids is 2. The molecule has 1 aromatic heterocycles. The van der Waals surface area contributed by atoms with Crippen molar-refractivity contribution in [1.82, 2.24) is 9.97 Å². The zero-order chi connectivity index (χ0) is 26.7. The van der Waals surface area contributed by atoms with Gasteiger partial charge in [-0.2, -0.15) is 13.2 Å². The van der Waals surface area contributed by atoms with Crippen LogP contribution in [0.25, 0.3) is 11.0 Å². The number of alkyl halides is 3. The monoisotopic (exact) mass is 512 g/mol. The van der Waals surface area contributed by atoms with Crippen molar-refractivity contribution in [3.8, 4) is 0 Å². The molecule has 0 aliphatic carbocycles. The molecule has 192 valence electrons. The number of nitrogens with zero attached hydrogens (tertiary/aromatic N) is 2. The summed E-state index contributed by atoms with van der Waals surface area (Å²) >= 11 is 0. The van der Waals surface area contributed by atoms with E-state index >= 15 is 0 Å². The van der Waals surface area contributed by atoms with Crippen molar-refractivity contribution >= 4 is 34.2 Å². The quantitative estimate of drug-likeness (QED) is 0.168. The lowest BCUT2D eigenvalue weighted by molar-refractivity contribution is -0.137. The number of ether oxygens (including phenoxy) is 1. The first-order valence-corrected chi connectivity index (χ1v) is 11.0. The molecule has 1 heterocycles. The minimum absolute atomic E-state index is 0.0284. The number of hydrogen-bond acceptors (Lipinski definition) is 6. The molecule has 6 N–H and O–H groups in total. The van der Waals surface area contributed by atoms with Crippen LogP contribution < -0.4 is 21.9 Å². The van der Waals surface area contributed by atoms with E-state index in [2.05, 4.69) is 15.3 Å². The van der Waals surface area contributed by atoms with Gasteiger partial charge < -0.3 is 20.8 Å². The van der Waals surface area contributed by atoms with Gasteiger partial charge >= 0.3 is 6.18 Å². The molecule has 12 heteroatoms. The Morgan fingerprint density at radius 3 is 2.49 bits per heavy atom. The van der Waals surface area contributed by atoms with E-state index in [1.54, 1.807) is 24.3 Å². The summed E-state index contributed by atoms with van der Waals surface area (Å²) in [5.41, 5.74) is 5.75. The lowest BCUT2D eigenvalue weighted by Gasteiger charge is -2.20. The van der Waals surface area contributed by atoms with Crippen LogP contribution in [0.2, 0.25) is 0 Å². The van der Waals surface area contributed by atoms with Crippen LogP contribution >= 0.6 is 0 Å². The van der Waals surface area contributed by atoms with Crippen molar-refractivity contribution in [2.75, 3.05) is 17.4 Å². The third-order valence-electron chi connectivity index (χ3n) is 5.59. The van der Waals surface area contributed by atoms with Crippen molar-refractivity contribution in [2.45, 2.75) is 19.3 Å². The molecule has 0 saturated heterocycles. The van der Waals surface area contributed by atoms with Crippen molar-refractivity contribution in [3.63, 3.8) is 0 Å². The van der Waals surface area contributed by atoms with Gasteiger partial charge in [0, 0.05) is 19.3 Å². The number of amides is 2. The highest BCUT2D eigenvalue weighted by Crippen LogP contribution is 2.33. The van der Waals surface area contributed by atoms with Crippen LogP contribution in [0.3, 0.4) is 0 Å². The van der Waals surface area contributed by atoms with Gasteiger partial charge in [0.1, 0.15) is 17.9 Å². The van der Waals surface area contributed by atoms with E-state index in [4.69, 9.17) is 16.3 Å². The van der Waals surface area contributed by atoms with Crippen molar-refractivity contribution in [1.29, 1.82) is 0 Å². The first-order valence-electron chi connectivity index (χ1n) is 11.0. The SMILES string of the molecule is COCc1nc2c(C(=O)Nc3ccccc3CN)cc(N(N)C(=O)c3ccccc3C(F)(F)F)cc2[nH]1. The normalized spacial score (nSPS) is 11.5. The fourth-order valence-corrected chi connectivity index (χ4v) is 3.84. The number of H-pyrrole nitrogens is 1. The third kappa shape index (κ3) is 5.31. The van der Waals surface area contributed by atoms with Gasteiger partial charge in [0.15, 0.2) is 0 Å². The Kier molecular flexibility index (Phi) is 7.25. The number of rotatable bonds is 7. The molecule has 0 aliphatic rings. The molecule has 0 saturated carbocycles. The number of para-hydroxylation sites is 1. The number of imidazole rings is 1. The number of aromatic nitrogens is 2. The summed E-state index contributed by atoms with van der Waals surface area (Å²) in [5, 5.41) is 3.33. The van der Waals surface area contributed by atoms with Gasteiger partial charge in [-0.25, -0.2) is 15.8 Å². The van der Waals surface area contributed by atoms with Crippen LogP contribution in [-0.4, -0.2) is 28.9 Å². The van der Waals surface area contributed by atoms with Gasteiger partial charge in [-0.05, 0) is 35.9 Å². The number of fused-ring (bicyclic) bond motifs is 1. The molecule has 0 unspecified atom stereocenters. The number of methoxy groups -OCH3 is 1. The number of carbonyl (C=O) groups is 2. The summed E-state index contributed by atoms with van der Waals surface area (Å²) in [6, 6.07) is 13.9. The van der Waals surface area contributed by atoms with Gasteiger partial charge in [-0.3, -0.25) is 9.59 Å². The molecule has 0 atom stereocenters. The lowest BCUT2D eigenvalue weighted by Crippen LogP contribution is -2.38. The second-order valence-corrected chi connectivity index (χ2v) is 8.04. The van der Waals surface area contributed by atoms with E-state index in [0.29, 0.717) is 27.6 Å². The van der Waals surface area contributed by atoms with Crippen LogP contribution in [0.15, 0.2) is 60.7 Å². The molecule has 9 nitrogen and oxygen atoms in total. The highest BCUT2D eigenvalue weighted by Gasteiger charge is 2.36. The van der Waals surface area contributed by atoms with E-state index in [1.807, 2.05) is 0 Å². The average molecular weight is 512 g/mol. The van der Waals surface area contributed by atoms with E-state index in [9.17, 15) is 22.8 Å². The minimum atomic E-state index is -4.77. The largest absolute Gasteiger partial charge is 0.417 e. The molecule has 0 spiro atoms. The Bertz CT molecular complexity index is 1470. The Labute approximate surface area is 209 Å². The van der Waals surface area contributed by atoms with E-state index in [1.165, 1.54) is 31.4 Å². The summed E-state index contributed by atoms with van der Waals surface area (Å²) in [4.78, 5) is 33.8. The first kappa shape index (κ1) is 25.8. The molecule has 0 aliphatic heterocycles. The highest BCUT2D eigenvalue weighted by molar-refractivity contribution is 6.14. The fraction of sp³-hybridized carbons (Fsp3) is 0.160. The van der Waals surface area contributed by atoms with Crippen LogP contribution in [0.1, 0.15) is 37.7 Å². The Hall–Kier alpha value is -4.26. The van der Waals surface area contributed by atoms with Crippen molar-refractivity contribution in [2.24, 2.45) is 11.6 Å². The molecule has 3 aromatic carbocycles. The Balaban J connectivity index is 1.79. The van der Waals surface area contributed by atoms with Crippen LogP contribution in [0, 0.1) is 0 Å². The molecule has 0 radical (unpaired) electrons. The maximum absolute atomic E-state index is 13.5. The Morgan fingerprint density at radius 2 is 1.78 bits per heavy atom. The summed E-state index contributed by atoms with van der Waals surface area (Å²) < 4.78 is 45.6. The smallest absolute Gasteiger partial charge is 0.377 e. The molecule has 0 bridgehead atoms. The molecular formula is C25H23F3N6O3. The van der Waals surface area contributed by atoms with Gasteiger partial charge in [0.25, 0.3) is 11.8 Å². The molecule has 4 rings (SSSR count). The number of nitrogens with two attached hydrogens (primary N) is 2. The van der Waals surface area contributed by atoms with E-state index < -0.39 is 29.1 Å². The number of hydrazine groups is 1. The first-order chi connectivity index (χ1) is 17.6. The maximum atomic E-state index is 13.5. The van der Waals surface area contributed by atoms with Gasteiger partial charge in [0.05, 0.1) is 27.9 Å². The minimum Gasteiger partial charge on any atom is -0.377 e. The summed E-state index contributed by atoms with van der Waals surface area (Å²) in [5.74, 6) is 4.72. The van der Waals surface area contributed by atoms with Crippen LogP contribution in [0.4, 0.5) is 24.5 Å². The van der Waals surface area contributed by atoms with Crippen molar-refractivity contribution in [3.05, 3.63) is 88.7 Å². The number of anilines is 2. The second kappa shape index (κ2) is 10.4. The third-order valence-corrected chi connectivity index (χ3v) is 5.59. The Morgan fingerprint density at radius 1 is 1.08 bits per heavy atom. The zero-order valence-corrected chi connectivity index (χ0v) is 19.6. The van der Waals surface area contributed by atoms with Crippen LogP contribution in [0.5, 0.6) is 0 Å². The number of benzene rings is 3. The van der Waals surface area contributed by atoms with Gasteiger partial charge in [-0.15, -0.1) is 0 Å². The predicted octanol–water partition coefficient (Wildman–Crippen LogP) is 3.96. The molecule has 0 fully saturated rings. The van der Waals surface area contributed by atoms with Crippen molar-refractivity contribution < 1.29 is 27.5 Å². The van der Waals surface area contributed by atoms with E-state index in [0.717, 1.165) is 12.1 Å². The van der Waals surface area contributed by atoms with Gasteiger partial charge in [-0.1, -0.05) is 30.3 Å². The number of nitrogens with one attached hydrogen (secondary N) is 2. The topological polar surface area (TPSA) is 139 Å². The summed E-state index contributed by atoms with van der Waals surface area (Å²) in [6.45, 7) is 0.279. The number of halogens is 3. The van der Waals surface area contributed by atoms with E-state index in [-0.39, 0.29) is 29.9 Å². The highest BCUT2D eigenvalue weighted by atomic mass is 19.4. The standard InChI is InChI=1S/C25H23F3N6O3/c1-37-13-21-31-20-11-15(34(30)24(36)16-7-3-4-8-18(16)25(26,27)28)10-17(22(20)33-21)23(35)32-19-9-5-2-6-14(19)12-29/h2-11H,12-13,29-30H2,1H3,(H,31,33)(H,32,35). The van der Waals surface area contributed by atoms with Crippen LogP contribution in [-0.2, 0) is 24.1 Å². The number of aromatic amines is 1.